The summed E-state index contributed by atoms with van der Waals surface area (Å²) in [6, 6.07) is -1.17. The number of carboxylic acid groups (broad SMARTS) is 5. The molecular formula is C36H62N8O14. The van der Waals surface area contributed by atoms with Gasteiger partial charge in [0.15, 0.2) is 0 Å². The van der Waals surface area contributed by atoms with Crippen molar-refractivity contribution in [1.82, 2.24) is 40.9 Å². The number of rotatable bonds is 28. The molecule has 1 fully saturated rings. The fourth-order valence-electron chi connectivity index (χ4n) is 5.98. The molecule has 9 N–H and O–H groups in total. The summed E-state index contributed by atoms with van der Waals surface area (Å²) >= 11 is 0. The molecule has 22 heteroatoms. The smallest absolute Gasteiger partial charge is 0.326 e. The van der Waals surface area contributed by atoms with Crippen molar-refractivity contribution in [2.45, 2.75) is 76.7 Å². The molecule has 0 aromatic heterocycles. The van der Waals surface area contributed by atoms with E-state index >= 15 is 0 Å². The summed E-state index contributed by atoms with van der Waals surface area (Å²) < 4.78 is 0. The minimum atomic E-state index is -1.23. The van der Waals surface area contributed by atoms with E-state index < -0.39 is 41.8 Å². The van der Waals surface area contributed by atoms with Crippen LogP contribution in [0, 0.1) is 0 Å². The van der Waals surface area contributed by atoms with Gasteiger partial charge in [-0.05, 0) is 45.1 Å². The molecule has 0 aliphatic carbocycles. The highest BCUT2D eigenvalue weighted by atomic mass is 16.4. The van der Waals surface area contributed by atoms with Gasteiger partial charge in [-0.2, -0.15) is 0 Å². The Bertz CT molecular complexity index is 1320. The van der Waals surface area contributed by atoms with Crippen molar-refractivity contribution in [3.05, 3.63) is 0 Å². The van der Waals surface area contributed by atoms with E-state index in [2.05, 4.69) is 21.3 Å². The summed E-state index contributed by atoms with van der Waals surface area (Å²) in [5.74, 6) is -6.79. The summed E-state index contributed by atoms with van der Waals surface area (Å²) in [4.78, 5) is 112. The van der Waals surface area contributed by atoms with Crippen molar-refractivity contribution in [1.29, 1.82) is 0 Å². The molecule has 1 rings (SSSR count). The van der Waals surface area contributed by atoms with Crippen molar-refractivity contribution in [3.63, 3.8) is 0 Å². The van der Waals surface area contributed by atoms with E-state index in [1.165, 1.54) is 0 Å². The van der Waals surface area contributed by atoms with E-state index in [4.69, 9.17) is 5.11 Å². The molecule has 0 radical (unpaired) electrons. The Balaban J connectivity index is 2.44. The first kappa shape index (κ1) is 51.1. The maximum absolute atomic E-state index is 12.6. The number of hydrogen-bond acceptors (Lipinski definition) is 13. The summed E-state index contributed by atoms with van der Waals surface area (Å²) in [6.07, 6.45) is 2.20. The first-order valence-electron chi connectivity index (χ1n) is 19.6. The van der Waals surface area contributed by atoms with Crippen LogP contribution in [-0.2, 0) is 43.2 Å². The van der Waals surface area contributed by atoms with Crippen LogP contribution >= 0.6 is 0 Å². The fraction of sp³-hybridized carbons (Fsp3) is 0.750. The maximum atomic E-state index is 12.6. The molecule has 1 aliphatic heterocycles. The van der Waals surface area contributed by atoms with Gasteiger partial charge in [0.25, 0.3) is 0 Å². The number of amides is 4. The summed E-state index contributed by atoms with van der Waals surface area (Å²) in [6.45, 7) is 2.96. The number of aliphatic carboxylic acids is 5. The van der Waals surface area contributed by atoms with Gasteiger partial charge in [-0.25, -0.2) is 4.79 Å². The average Bonchev–Trinajstić information content (AvgIpc) is 3.13. The van der Waals surface area contributed by atoms with Crippen LogP contribution in [-0.4, -0.2) is 203 Å². The highest BCUT2D eigenvalue weighted by Gasteiger charge is 2.22. The van der Waals surface area contributed by atoms with Crippen LogP contribution in [0.4, 0.5) is 0 Å². The Morgan fingerprint density at radius 1 is 0.414 bits per heavy atom. The molecule has 0 aromatic carbocycles. The van der Waals surface area contributed by atoms with Crippen LogP contribution in [0.15, 0.2) is 0 Å². The van der Waals surface area contributed by atoms with E-state index in [1.807, 2.05) is 4.90 Å². The van der Waals surface area contributed by atoms with Gasteiger partial charge >= 0.3 is 29.8 Å². The molecule has 330 valence electrons. The third-order valence-corrected chi connectivity index (χ3v) is 9.15. The lowest BCUT2D eigenvalue weighted by atomic mass is 10.1. The van der Waals surface area contributed by atoms with Crippen LogP contribution in [0.5, 0.6) is 0 Å². The quantitative estimate of drug-likeness (QED) is 0.0376. The zero-order chi connectivity index (χ0) is 43.3. The molecule has 4 amide bonds. The van der Waals surface area contributed by atoms with Gasteiger partial charge in [-0.3, -0.25) is 53.1 Å². The predicted molar refractivity (Wildman–Crippen MR) is 206 cm³/mol. The van der Waals surface area contributed by atoms with E-state index in [1.54, 1.807) is 14.7 Å². The number of carbonyl (C=O) groups is 9. The Morgan fingerprint density at radius 3 is 1.26 bits per heavy atom. The molecule has 1 unspecified atom stereocenters. The van der Waals surface area contributed by atoms with Crippen LogP contribution < -0.4 is 21.3 Å². The highest BCUT2D eigenvalue weighted by molar-refractivity contribution is 5.84. The van der Waals surface area contributed by atoms with Gasteiger partial charge in [0.2, 0.25) is 23.6 Å². The van der Waals surface area contributed by atoms with Crippen LogP contribution in [0.3, 0.4) is 0 Å². The second-order valence-corrected chi connectivity index (χ2v) is 14.1. The fourth-order valence-corrected chi connectivity index (χ4v) is 5.98. The zero-order valence-corrected chi connectivity index (χ0v) is 33.2. The van der Waals surface area contributed by atoms with Gasteiger partial charge < -0.3 is 51.7 Å². The Labute approximate surface area is 337 Å². The second kappa shape index (κ2) is 30.2. The SMILES string of the molecule is O=C(O)CCCCNC(=O)CCC(=O)NCCCCC(NC(=O)CCNC(=O)CCCN1CCN(CC(=O)O)CCN(CC(=O)O)CCN(CC(=O)O)CC1)C(=O)O. The Kier molecular flexibility index (Phi) is 26.6. The minimum absolute atomic E-state index is 0.0205. The maximum Gasteiger partial charge on any atom is 0.326 e. The lowest BCUT2D eigenvalue weighted by Gasteiger charge is -2.33. The lowest BCUT2D eigenvalue weighted by molar-refractivity contribution is -0.142. The molecule has 0 aromatic rings. The van der Waals surface area contributed by atoms with E-state index in [0.29, 0.717) is 84.5 Å². The first-order valence-corrected chi connectivity index (χ1v) is 19.6. The lowest BCUT2D eigenvalue weighted by Crippen LogP contribution is -2.48. The molecule has 0 spiro atoms. The van der Waals surface area contributed by atoms with Crippen molar-refractivity contribution >= 4 is 53.5 Å². The number of nitrogens with zero attached hydrogens (tertiary/aromatic N) is 4. The predicted octanol–water partition coefficient (Wildman–Crippen LogP) is -2.24. The first-order chi connectivity index (χ1) is 27.5. The molecule has 22 nitrogen and oxygen atoms in total. The normalized spacial score (nSPS) is 15.5. The van der Waals surface area contributed by atoms with E-state index in [9.17, 15) is 63.6 Å². The number of unbranched alkanes of at least 4 members (excludes halogenated alkanes) is 2. The number of carboxylic acids is 5. The van der Waals surface area contributed by atoms with Crippen molar-refractivity contribution in [3.8, 4) is 0 Å². The number of carbonyl (C=O) groups excluding carboxylic acids is 4. The molecule has 1 aliphatic rings. The van der Waals surface area contributed by atoms with Gasteiger partial charge in [0.1, 0.15) is 6.04 Å². The molecule has 1 heterocycles. The standard InChI is InChI=1S/C36H62N8O14/c45-28(7-5-15-41-16-18-42(24-33(51)52)20-22-44(26-35(55)56)23-21-43(19-17-41)25-34(53)54)39-14-11-31(48)40-27(36(57)58)6-1-3-12-37-29(46)9-10-30(47)38-13-4-2-8-32(49)50/h27H,1-26H2,(H,37,46)(H,38,47)(H,39,45)(H,40,48)(H,49,50)(H,51,52)(H,53,54)(H,55,56)(H,57,58). The average molecular weight is 831 g/mol. The van der Waals surface area contributed by atoms with Crippen molar-refractivity contribution < 1.29 is 68.7 Å². The molecule has 0 bridgehead atoms. The summed E-state index contributed by atoms with van der Waals surface area (Å²) in [5.41, 5.74) is 0. The van der Waals surface area contributed by atoms with Crippen LogP contribution in [0.1, 0.15) is 70.6 Å². The van der Waals surface area contributed by atoms with Gasteiger partial charge in [-0.1, -0.05) is 0 Å². The topological polar surface area (TPSA) is 316 Å². The second-order valence-electron chi connectivity index (χ2n) is 14.1. The largest absolute Gasteiger partial charge is 0.481 e. The molecule has 1 atom stereocenters. The molecule has 0 saturated carbocycles. The van der Waals surface area contributed by atoms with Gasteiger partial charge in [0, 0.05) is 104 Å². The van der Waals surface area contributed by atoms with E-state index in [0.717, 1.165) is 0 Å². The Morgan fingerprint density at radius 2 is 0.828 bits per heavy atom. The summed E-state index contributed by atoms with van der Waals surface area (Å²) in [5, 5.41) is 56.6. The molecule has 58 heavy (non-hydrogen) atoms. The third-order valence-electron chi connectivity index (χ3n) is 9.15. The zero-order valence-electron chi connectivity index (χ0n) is 33.2. The van der Waals surface area contributed by atoms with Gasteiger partial charge in [0.05, 0.1) is 19.6 Å². The molecular weight excluding hydrogens is 768 g/mol. The van der Waals surface area contributed by atoms with E-state index in [-0.39, 0.29) is 102 Å². The Hall–Kier alpha value is -4.93. The monoisotopic (exact) mass is 830 g/mol. The molecule has 1 saturated heterocycles. The van der Waals surface area contributed by atoms with Crippen LogP contribution in [0.25, 0.3) is 0 Å². The highest BCUT2D eigenvalue weighted by Crippen LogP contribution is 2.05. The number of nitrogens with one attached hydrogen (secondary N) is 4. The minimum Gasteiger partial charge on any atom is -0.481 e. The third kappa shape index (κ3) is 27.6. The summed E-state index contributed by atoms with van der Waals surface area (Å²) in [7, 11) is 0. The van der Waals surface area contributed by atoms with Gasteiger partial charge in [-0.15, -0.1) is 0 Å². The van der Waals surface area contributed by atoms with Crippen molar-refractivity contribution in [2.24, 2.45) is 0 Å². The van der Waals surface area contributed by atoms with Crippen LogP contribution in [0.2, 0.25) is 0 Å². The van der Waals surface area contributed by atoms with Crippen molar-refractivity contribution in [2.75, 3.05) is 98.2 Å². The number of hydrogen-bond donors (Lipinski definition) is 9.